The smallest absolute Gasteiger partial charge is 0.321 e. The van der Waals surface area contributed by atoms with Gasteiger partial charge in [-0.2, -0.15) is 0 Å². The first-order valence-corrected chi connectivity index (χ1v) is 4.91. The Kier molecular flexibility index (Phi) is 4.12. The number of rotatable bonds is 3. The van der Waals surface area contributed by atoms with Crippen molar-refractivity contribution < 1.29 is 4.79 Å². The van der Waals surface area contributed by atoms with Gasteiger partial charge in [0.15, 0.2) is 0 Å². The number of hydrogen-bond donors (Lipinski definition) is 2. The van der Waals surface area contributed by atoms with Crippen molar-refractivity contribution >= 4 is 11.7 Å². The van der Waals surface area contributed by atoms with E-state index >= 15 is 0 Å². The van der Waals surface area contributed by atoms with Gasteiger partial charge in [-0.25, -0.2) is 4.79 Å². The fourth-order valence-electron chi connectivity index (χ4n) is 1.16. The third kappa shape index (κ3) is 3.59. The third-order valence-corrected chi connectivity index (χ3v) is 2.04. The summed E-state index contributed by atoms with van der Waals surface area (Å²) in [5.41, 5.74) is 7.42. The molecular formula is C11H17N3O. The average molecular weight is 207 g/mol. The van der Waals surface area contributed by atoms with Crippen LogP contribution >= 0.6 is 0 Å². The number of carbonyl (C=O) groups excluding carboxylic acids is 1. The van der Waals surface area contributed by atoms with E-state index in [0.29, 0.717) is 6.54 Å². The average Bonchev–Trinajstić information content (AvgIpc) is 2.21. The van der Waals surface area contributed by atoms with Gasteiger partial charge in [0.05, 0.1) is 0 Å². The van der Waals surface area contributed by atoms with Crippen molar-refractivity contribution in [1.29, 1.82) is 0 Å². The molecule has 4 nitrogen and oxygen atoms in total. The van der Waals surface area contributed by atoms with E-state index in [0.717, 1.165) is 12.1 Å². The second-order valence-electron chi connectivity index (χ2n) is 3.56. The highest BCUT2D eigenvalue weighted by Gasteiger charge is 2.02. The zero-order chi connectivity index (χ0) is 11.3. The Labute approximate surface area is 90.1 Å². The molecule has 0 radical (unpaired) electrons. The molecule has 0 bridgehead atoms. The lowest BCUT2D eigenvalue weighted by molar-refractivity contribution is 0.230. The van der Waals surface area contributed by atoms with Gasteiger partial charge >= 0.3 is 6.03 Å². The number of urea groups is 1. The van der Waals surface area contributed by atoms with Crippen molar-refractivity contribution in [3.05, 3.63) is 29.8 Å². The van der Waals surface area contributed by atoms with Gasteiger partial charge in [0.25, 0.3) is 0 Å². The number of hydrogen-bond acceptors (Lipinski definition) is 2. The molecule has 0 aliphatic heterocycles. The highest BCUT2D eigenvalue weighted by molar-refractivity contribution is 5.88. The molecule has 0 aliphatic carbocycles. The van der Waals surface area contributed by atoms with Crippen molar-refractivity contribution in [2.75, 3.05) is 26.0 Å². The van der Waals surface area contributed by atoms with Crippen LogP contribution in [0, 0.1) is 0 Å². The molecule has 1 aromatic rings. The van der Waals surface area contributed by atoms with Crippen molar-refractivity contribution in [2.24, 2.45) is 5.73 Å². The fraction of sp³-hybridized carbons (Fsp3) is 0.364. The second kappa shape index (κ2) is 5.36. The predicted molar refractivity (Wildman–Crippen MR) is 61.9 cm³/mol. The van der Waals surface area contributed by atoms with Crippen LogP contribution in [0.1, 0.15) is 5.56 Å². The Balaban J connectivity index is 2.60. The van der Waals surface area contributed by atoms with Gasteiger partial charge in [0.2, 0.25) is 0 Å². The Morgan fingerprint density at radius 1 is 1.33 bits per heavy atom. The van der Waals surface area contributed by atoms with Gasteiger partial charge in [-0.1, -0.05) is 12.1 Å². The number of anilines is 1. The summed E-state index contributed by atoms with van der Waals surface area (Å²) in [6.45, 7) is 0.642. The molecule has 15 heavy (non-hydrogen) atoms. The molecule has 0 aromatic heterocycles. The van der Waals surface area contributed by atoms with Crippen molar-refractivity contribution in [1.82, 2.24) is 4.90 Å². The summed E-state index contributed by atoms with van der Waals surface area (Å²) in [5.74, 6) is 0. The zero-order valence-electron chi connectivity index (χ0n) is 9.16. The molecule has 0 saturated carbocycles. The van der Waals surface area contributed by atoms with Gasteiger partial charge in [-0.05, 0) is 30.7 Å². The third-order valence-electron chi connectivity index (χ3n) is 2.04. The number of amides is 2. The molecule has 82 valence electrons. The Morgan fingerprint density at radius 3 is 2.40 bits per heavy atom. The topological polar surface area (TPSA) is 58.4 Å². The fourth-order valence-corrected chi connectivity index (χ4v) is 1.16. The minimum absolute atomic E-state index is 0.124. The van der Waals surface area contributed by atoms with E-state index in [-0.39, 0.29) is 6.03 Å². The van der Waals surface area contributed by atoms with Crippen molar-refractivity contribution in [3.63, 3.8) is 0 Å². The summed E-state index contributed by atoms with van der Waals surface area (Å²) < 4.78 is 0. The highest BCUT2D eigenvalue weighted by Crippen LogP contribution is 2.10. The minimum Gasteiger partial charge on any atom is -0.331 e. The summed E-state index contributed by atoms with van der Waals surface area (Å²) >= 11 is 0. The monoisotopic (exact) mass is 207 g/mol. The van der Waals surface area contributed by atoms with E-state index in [1.54, 1.807) is 14.1 Å². The number of nitrogens with two attached hydrogens (primary N) is 1. The first-order valence-electron chi connectivity index (χ1n) is 4.91. The molecule has 0 saturated heterocycles. The molecule has 0 aliphatic rings. The largest absolute Gasteiger partial charge is 0.331 e. The van der Waals surface area contributed by atoms with Crippen LogP contribution in [0.4, 0.5) is 10.5 Å². The Hall–Kier alpha value is -1.55. The summed E-state index contributed by atoms with van der Waals surface area (Å²) in [6.07, 6.45) is 0.863. The summed E-state index contributed by atoms with van der Waals surface area (Å²) in [7, 11) is 3.41. The molecule has 0 unspecified atom stereocenters. The van der Waals surface area contributed by atoms with E-state index in [2.05, 4.69) is 5.32 Å². The molecule has 0 spiro atoms. The normalized spacial score (nSPS) is 9.80. The Bertz CT molecular complexity index is 319. The van der Waals surface area contributed by atoms with Gasteiger partial charge < -0.3 is 16.0 Å². The molecule has 1 aromatic carbocycles. The molecule has 2 amide bonds. The SMILES string of the molecule is CN(C)C(=O)Nc1ccc(CCN)cc1. The summed E-state index contributed by atoms with van der Waals surface area (Å²) in [4.78, 5) is 12.8. The number of carbonyl (C=O) groups is 1. The van der Waals surface area contributed by atoms with E-state index in [4.69, 9.17) is 5.73 Å². The lowest BCUT2D eigenvalue weighted by atomic mass is 10.1. The van der Waals surface area contributed by atoms with E-state index in [1.807, 2.05) is 24.3 Å². The van der Waals surface area contributed by atoms with Gasteiger partial charge in [0, 0.05) is 19.8 Å². The van der Waals surface area contributed by atoms with Gasteiger partial charge in [-0.15, -0.1) is 0 Å². The van der Waals surface area contributed by atoms with Crippen LogP contribution in [0.2, 0.25) is 0 Å². The molecule has 0 fully saturated rings. The Morgan fingerprint density at radius 2 is 1.93 bits per heavy atom. The quantitative estimate of drug-likeness (QED) is 0.784. The molecule has 0 atom stereocenters. The minimum atomic E-state index is -0.124. The zero-order valence-corrected chi connectivity index (χ0v) is 9.16. The molecule has 1 rings (SSSR count). The maximum Gasteiger partial charge on any atom is 0.321 e. The van der Waals surface area contributed by atoms with Crippen LogP contribution in [0.15, 0.2) is 24.3 Å². The van der Waals surface area contributed by atoms with E-state index in [9.17, 15) is 4.79 Å². The first-order chi connectivity index (χ1) is 7.13. The lowest BCUT2D eigenvalue weighted by Crippen LogP contribution is -2.27. The lowest BCUT2D eigenvalue weighted by Gasteiger charge is -2.12. The van der Waals surface area contributed by atoms with Gasteiger partial charge in [-0.3, -0.25) is 0 Å². The number of benzene rings is 1. The maximum atomic E-state index is 11.3. The van der Waals surface area contributed by atoms with Crippen LogP contribution in [-0.2, 0) is 6.42 Å². The van der Waals surface area contributed by atoms with Crippen LogP contribution < -0.4 is 11.1 Å². The van der Waals surface area contributed by atoms with E-state index in [1.165, 1.54) is 10.5 Å². The maximum absolute atomic E-state index is 11.3. The van der Waals surface area contributed by atoms with Gasteiger partial charge in [0.1, 0.15) is 0 Å². The molecule has 3 N–H and O–H groups in total. The second-order valence-corrected chi connectivity index (χ2v) is 3.56. The molecule has 4 heteroatoms. The summed E-state index contributed by atoms with van der Waals surface area (Å²) in [6, 6.07) is 7.58. The van der Waals surface area contributed by atoms with Crippen LogP contribution in [-0.4, -0.2) is 31.6 Å². The van der Waals surface area contributed by atoms with Crippen LogP contribution in [0.25, 0.3) is 0 Å². The number of nitrogens with zero attached hydrogens (tertiary/aromatic N) is 1. The van der Waals surface area contributed by atoms with Crippen molar-refractivity contribution in [2.45, 2.75) is 6.42 Å². The van der Waals surface area contributed by atoms with Crippen molar-refractivity contribution in [3.8, 4) is 0 Å². The van der Waals surface area contributed by atoms with E-state index < -0.39 is 0 Å². The standard InChI is InChI=1S/C11H17N3O/c1-14(2)11(15)13-10-5-3-9(4-6-10)7-8-12/h3-6H,7-8,12H2,1-2H3,(H,13,15). The highest BCUT2D eigenvalue weighted by atomic mass is 16.2. The first kappa shape index (κ1) is 11.5. The molecular weight excluding hydrogens is 190 g/mol. The predicted octanol–water partition coefficient (Wildman–Crippen LogP) is 1.28. The van der Waals surface area contributed by atoms with Crippen LogP contribution in [0.3, 0.4) is 0 Å². The molecule has 0 heterocycles. The van der Waals surface area contributed by atoms with Crippen LogP contribution in [0.5, 0.6) is 0 Å². The summed E-state index contributed by atoms with van der Waals surface area (Å²) in [5, 5.41) is 2.77. The number of nitrogens with one attached hydrogen (secondary N) is 1.